The van der Waals surface area contributed by atoms with Crippen molar-refractivity contribution in [1.82, 2.24) is 0 Å². The van der Waals surface area contributed by atoms with Crippen LogP contribution in [0.5, 0.6) is 0 Å². The predicted molar refractivity (Wildman–Crippen MR) is 95.8 cm³/mol. The molecule has 154 valence electrons. The first-order valence-corrected chi connectivity index (χ1v) is 9.76. The van der Waals surface area contributed by atoms with E-state index in [9.17, 15) is 24.9 Å². The number of fused-ring (bicyclic) bond motifs is 5. The molecule has 0 amide bonds. The van der Waals surface area contributed by atoms with Crippen LogP contribution in [-0.2, 0) is 9.59 Å². The molecule has 3 N–H and O–H groups in total. The molecule has 3 saturated carbocycles. The van der Waals surface area contributed by atoms with Gasteiger partial charge in [-0.1, -0.05) is 19.9 Å². The Labute approximate surface area is 162 Å². The third-order valence-corrected chi connectivity index (χ3v) is 8.54. The Kier molecular flexibility index (Phi) is 3.88. The average molecular weight is 396 g/mol. The fraction of sp³-hybridized carbons (Fsp3) is 0.714. The van der Waals surface area contributed by atoms with E-state index in [2.05, 4.69) is 0 Å². The lowest BCUT2D eigenvalue weighted by atomic mass is 9.44. The molecule has 0 aromatic carbocycles. The van der Waals surface area contributed by atoms with Crippen LogP contribution in [0.3, 0.4) is 0 Å². The van der Waals surface area contributed by atoms with E-state index in [0.29, 0.717) is 0 Å². The Bertz CT molecular complexity index is 824. The van der Waals surface area contributed by atoms with Crippen molar-refractivity contribution in [3.8, 4) is 0 Å². The summed E-state index contributed by atoms with van der Waals surface area (Å²) in [6.07, 6.45) is 0.214. The SMILES string of the molecule is CC1CC2C3CC(F)C4=CC(=O)C=C[C@]4(C)[C@@]3(F)C(O)C[C@]2(C)[C@@]1(O)C(=O)O. The molecular weight excluding hydrogens is 370 g/mol. The number of rotatable bonds is 1. The topological polar surface area (TPSA) is 94.8 Å². The Balaban J connectivity index is 1.88. The van der Waals surface area contributed by atoms with Gasteiger partial charge in [-0.2, -0.15) is 0 Å². The van der Waals surface area contributed by atoms with Crippen molar-refractivity contribution in [3.05, 3.63) is 23.8 Å². The van der Waals surface area contributed by atoms with E-state index in [0.717, 1.165) is 6.08 Å². The Morgan fingerprint density at radius 2 is 1.89 bits per heavy atom. The second kappa shape index (κ2) is 5.51. The van der Waals surface area contributed by atoms with E-state index in [1.807, 2.05) is 0 Å². The quantitative estimate of drug-likeness (QED) is 0.633. The van der Waals surface area contributed by atoms with Crippen LogP contribution in [0.25, 0.3) is 0 Å². The summed E-state index contributed by atoms with van der Waals surface area (Å²) in [7, 11) is 0. The Morgan fingerprint density at radius 3 is 2.50 bits per heavy atom. The maximum absolute atomic E-state index is 16.8. The van der Waals surface area contributed by atoms with Gasteiger partial charge in [-0.05, 0) is 55.7 Å². The van der Waals surface area contributed by atoms with Crippen LogP contribution in [0.15, 0.2) is 23.8 Å². The van der Waals surface area contributed by atoms with Gasteiger partial charge in [0, 0.05) is 16.7 Å². The maximum atomic E-state index is 16.8. The number of carbonyl (C=O) groups excluding carboxylic acids is 1. The fourth-order valence-corrected chi connectivity index (χ4v) is 7.00. The number of aliphatic hydroxyl groups excluding tert-OH is 1. The number of carbonyl (C=O) groups is 2. The van der Waals surface area contributed by atoms with Crippen molar-refractivity contribution >= 4 is 11.8 Å². The van der Waals surface area contributed by atoms with E-state index in [1.165, 1.54) is 19.1 Å². The number of halogens is 2. The second-order valence-electron chi connectivity index (χ2n) is 9.57. The normalized spacial score (nSPS) is 55.2. The minimum Gasteiger partial charge on any atom is -0.479 e. The monoisotopic (exact) mass is 396 g/mol. The van der Waals surface area contributed by atoms with Gasteiger partial charge in [0.15, 0.2) is 17.1 Å². The minimum absolute atomic E-state index is 0.0287. The summed E-state index contributed by atoms with van der Waals surface area (Å²) < 4.78 is 31.9. The molecule has 0 aromatic heterocycles. The molecule has 28 heavy (non-hydrogen) atoms. The lowest BCUT2D eigenvalue weighted by Crippen LogP contribution is -2.70. The lowest BCUT2D eigenvalue weighted by molar-refractivity contribution is -0.229. The largest absolute Gasteiger partial charge is 0.479 e. The maximum Gasteiger partial charge on any atom is 0.336 e. The number of hydrogen-bond acceptors (Lipinski definition) is 4. The zero-order valence-electron chi connectivity index (χ0n) is 16.2. The van der Waals surface area contributed by atoms with Gasteiger partial charge >= 0.3 is 5.97 Å². The third-order valence-electron chi connectivity index (χ3n) is 8.54. The highest BCUT2D eigenvalue weighted by atomic mass is 19.1. The van der Waals surface area contributed by atoms with Crippen molar-refractivity contribution in [2.75, 3.05) is 0 Å². The molecule has 4 rings (SSSR count). The van der Waals surface area contributed by atoms with Crippen LogP contribution in [0.2, 0.25) is 0 Å². The van der Waals surface area contributed by atoms with Gasteiger partial charge in [0.25, 0.3) is 0 Å². The number of alkyl halides is 2. The molecule has 4 aliphatic carbocycles. The van der Waals surface area contributed by atoms with Crippen molar-refractivity contribution in [2.24, 2.45) is 28.6 Å². The molecule has 0 radical (unpaired) electrons. The number of ketones is 1. The van der Waals surface area contributed by atoms with Gasteiger partial charge in [0.05, 0.1) is 6.10 Å². The first-order chi connectivity index (χ1) is 12.8. The third kappa shape index (κ3) is 1.92. The van der Waals surface area contributed by atoms with Gasteiger partial charge in [-0.25, -0.2) is 13.6 Å². The number of allylic oxidation sites excluding steroid dienone is 4. The summed E-state index contributed by atoms with van der Waals surface area (Å²) in [5, 5.41) is 31.8. The van der Waals surface area contributed by atoms with Crippen LogP contribution in [0, 0.1) is 28.6 Å². The van der Waals surface area contributed by atoms with Crippen molar-refractivity contribution in [3.63, 3.8) is 0 Å². The van der Waals surface area contributed by atoms with Crippen LogP contribution in [-0.4, -0.2) is 50.6 Å². The van der Waals surface area contributed by atoms with Crippen LogP contribution < -0.4 is 0 Å². The average Bonchev–Trinajstić information content (AvgIpc) is 2.81. The summed E-state index contributed by atoms with van der Waals surface area (Å²) in [6, 6.07) is 0. The zero-order chi connectivity index (χ0) is 20.9. The smallest absolute Gasteiger partial charge is 0.336 e. The summed E-state index contributed by atoms with van der Waals surface area (Å²) >= 11 is 0. The molecule has 3 fully saturated rings. The molecule has 4 aliphatic rings. The highest BCUT2D eigenvalue weighted by Crippen LogP contribution is 2.70. The number of aliphatic hydroxyl groups is 2. The first kappa shape index (κ1) is 19.7. The minimum atomic E-state index is -2.26. The molecule has 0 spiro atoms. The molecule has 0 saturated heterocycles. The molecular formula is C21H26F2O5. The van der Waals surface area contributed by atoms with Crippen molar-refractivity contribution < 1.29 is 33.7 Å². The lowest BCUT2D eigenvalue weighted by Gasteiger charge is -2.62. The molecule has 5 nitrogen and oxygen atoms in total. The van der Waals surface area contributed by atoms with Gasteiger partial charge in [-0.3, -0.25) is 4.79 Å². The molecule has 0 bridgehead atoms. The predicted octanol–water partition coefficient (Wildman–Crippen LogP) is 2.37. The fourth-order valence-electron chi connectivity index (χ4n) is 7.00. The van der Waals surface area contributed by atoms with Crippen molar-refractivity contribution in [2.45, 2.75) is 63.6 Å². The van der Waals surface area contributed by atoms with Crippen molar-refractivity contribution in [1.29, 1.82) is 0 Å². The van der Waals surface area contributed by atoms with E-state index in [-0.39, 0.29) is 24.8 Å². The van der Waals surface area contributed by atoms with E-state index >= 15 is 8.78 Å². The van der Waals surface area contributed by atoms with Crippen LogP contribution >= 0.6 is 0 Å². The highest BCUT2D eigenvalue weighted by Gasteiger charge is 2.76. The summed E-state index contributed by atoms with van der Waals surface area (Å²) in [6.45, 7) is 4.67. The van der Waals surface area contributed by atoms with E-state index < -0.39 is 63.9 Å². The Morgan fingerprint density at radius 1 is 1.25 bits per heavy atom. The number of carboxylic acid groups (broad SMARTS) is 1. The van der Waals surface area contributed by atoms with Gasteiger partial charge in [-0.15, -0.1) is 0 Å². The van der Waals surface area contributed by atoms with Gasteiger partial charge in [0.2, 0.25) is 0 Å². The molecule has 7 heteroatoms. The van der Waals surface area contributed by atoms with Gasteiger partial charge in [0.1, 0.15) is 6.17 Å². The molecule has 0 aromatic rings. The summed E-state index contributed by atoms with van der Waals surface area (Å²) in [4.78, 5) is 23.7. The van der Waals surface area contributed by atoms with Crippen LogP contribution in [0.1, 0.15) is 40.0 Å². The molecule has 9 atom stereocenters. The second-order valence-corrected chi connectivity index (χ2v) is 9.57. The number of aliphatic carboxylic acids is 1. The number of carboxylic acids is 1. The molecule has 0 aliphatic heterocycles. The summed E-state index contributed by atoms with van der Waals surface area (Å²) in [5.41, 5.74) is -7.14. The zero-order valence-corrected chi connectivity index (χ0v) is 16.2. The van der Waals surface area contributed by atoms with E-state index in [4.69, 9.17) is 0 Å². The Hall–Kier alpha value is -1.60. The van der Waals surface area contributed by atoms with Gasteiger partial charge < -0.3 is 15.3 Å². The standard InChI is InChI=1S/C21H26F2O5/c1-10-6-12-13-8-15(22)14-7-11(24)4-5-18(14,2)20(13,23)16(25)9-19(12,3)21(10,28)17(26)27/h4-5,7,10,12-13,15-16,25,28H,6,8-9H2,1-3H3,(H,26,27)/t10?,12?,13?,15?,16?,18-,19-,20-,21-/m0/s1. The van der Waals surface area contributed by atoms with Crippen LogP contribution in [0.4, 0.5) is 8.78 Å². The molecule has 0 heterocycles. The highest BCUT2D eigenvalue weighted by molar-refractivity contribution is 6.01. The van der Waals surface area contributed by atoms with E-state index in [1.54, 1.807) is 13.8 Å². The number of hydrogen-bond donors (Lipinski definition) is 3. The first-order valence-electron chi connectivity index (χ1n) is 9.76. The summed E-state index contributed by atoms with van der Waals surface area (Å²) in [5.74, 6) is -4.07. The molecule has 5 unspecified atom stereocenters.